The fourth-order valence-electron chi connectivity index (χ4n) is 1.99. The van der Waals surface area contributed by atoms with Crippen molar-refractivity contribution in [3.8, 4) is 0 Å². The van der Waals surface area contributed by atoms with Gasteiger partial charge in [-0.1, -0.05) is 6.07 Å². The maximum atomic E-state index is 12.0. The molecule has 2 aromatic carbocycles. The summed E-state index contributed by atoms with van der Waals surface area (Å²) in [5, 5.41) is 16.3. The largest absolute Gasteiger partial charge is 0.376 e. The van der Waals surface area contributed by atoms with E-state index in [0.29, 0.717) is 16.9 Å². The van der Waals surface area contributed by atoms with Gasteiger partial charge in [-0.05, 0) is 36.8 Å². The Hall–Kier alpha value is -3.42. The lowest BCUT2D eigenvalue weighted by Gasteiger charge is -2.10. The SMILES string of the molecule is Cc1ccc([N+](=O)[O-])cc1NC(=O)CNc1ccc(C(N)=O)cc1. The van der Waals surface area contributed by atoms with Crippen LogP contribution in [0.15, 0.2) is 42.5 Å². The molecule has 2 rings (SSSR count). The molecule has 24 heavy (non-hydrogen) atoms. The van der Waals surface area contributed by atoms with Gasteiger partial charge in [0.05, 0.1) is 17.2 Å². The van der Waals surface area contributed by atoms with Crippen molar-refractivity contribution in [1.82, 2.24) is 0 Å². The van der Waals surface area contributed by atoms with Gasteiger partial charge in [0.25, 0.3) is 5.69 Å². The molecule has 0 fully saturated rings. The summed E-state index contributed by atoms with van der Waals surface area (Å²) >= 11 is 0. The Morgan fingerprint density at radius 2 is 1.83 bits per heavy atom. The number of nitrogens with one attached hydrogen (secondary N) is 2. The number of amides is 2. The van der Waals surface area contributed by atoms with Gasteiger partial charge in [-0.15, -0.1) is 0 Å². The normalized spacial score (nSPS) is 10.0. The second-order valence-electron chi connectivity index (χ2n) is 5.10. The molecule has 0 saturated carbocycles. The molecule has 0 atom stereocenters. The molecule has 124 valence electrons. The molecule has 2 amide bonds. The zero-order valence-electron chi connectivity index (χ0n) is 12.9. The first-order chi connectivity index (χ1) is 11.4. The molecule has 0 spiro atoms. The maximum absolute atomic E-state index is 12.0. The van der Waals surface area contributed by atoms with Crippen molar-refractivity contribution in [2.45, 2.75) is 6.92 Å². The minimum atomic E-state index is -0.527. The number of nitro groups is 1. The van der Waals surface area contributed by atoms with Crippen LogP contribution in [0.2, 0.25) is 0 Å². The van der Waals surface area contributed by atoms with Crippen LogP contribution in [0.5, 0.6) is 0 Å². The predicted molar refractivity (Wildman–Crippen MR) is 89.9 cm³/mol. The summed E-state index contributed by atoms with van der Waals surface area (Å²) in [6.45, 7) is 1.72. The predicted octanol–water partition coefficient (Wildman–Crippen LogP) is 2.05. The number of aryl methyl sites for hydroxylation is 1. The highest BCUT2D eigenvalue weighted by molar-refractivity contribution is 5.95. The van der Waals surface area contributed by atoms with Gasteiger partial charge in [-0.2, -0.15) is 0 Å². The average Bonchev–Trinajstić information content (AvgIpc) is 2.55. The van der Waals surface area contributed by atoms with Crippen LogP contribution in [0.3, 0.4) is 0 Å². The lowest BCUT2D eigenvalue weighted by Crippen LogP contribution is -2.22. The van der Waals surface area contributed by atoms with Crippen molar-refractivity contribution in [3.63, 3.8) is 0 Å². The highest BCUT2D eigenvalue weighted by Crippen LogP contribution is 2.21. The van der Waals surface area contributed by atoms with Crippen molar-refractivity contribution in [2.24, 2.45) is 5.73 Å². The summed E-state index contributed by atoms with van der Waals surface area (Å²) < 4.78 is 0. The van der Waals surface area contributed by atoms with Crippen LogP contribution in [0.4, 0.5) is 17.1 Å². The number of carbonyl (C=O) groups is 2. The van der Waals surface area contributed by atoms with E-state index >= 15 is 0 Å². The number of nitrogens with zero attached hydrogens (tertiary/aromatic N) is 1. The third kappa shape index (κ3) is 4.29. The highest BCUT2D eigenvalue weighted by atomic mass is 16.6. The quantitative estimate of drug-likeness (QED) is 0.552. The number of anilines is 2. The zero-order chi connectivity index (χ0) is 17.7. The van der Waals surface area contributed by atoms with Crippen molar-refractivity contribution < 1.29 is 14.5 Å². The van der Waals surface area contributed by atoms with Crippen molar-refractivity contribution in [3.05, 3.63) is 63.7 Å². The third-order valence-electron chi connectivity index (χ3n) is 3.33. The fraction of sp³-hybridized carbons (Fsp3) is 0.125. The van der Waals surface area contributed by atoms with E-state index in [1.807, 2.05) is 0 Å². The molecule has 8 nitrogen and oxygen atoms in total. The molecule has 4 N–H and O–H groups in total. The summed E-state index contributed by atoms with van der Waals surface area (Å²) in [5.74, 6) is -0.877. The maximum Gasteiger partial charge on any atom is 0.271 e. The smallest absolute Gasteiger partial charge is 0.271 e. The Balaban J connectivity index is 1.97. The van der Waals surface area contributed by atoms with Crippen LogP contribution in [0.1, 0.15) is 15.9 Å². The molecule has 0 aromatic heterocycles. The number of benzene rings is 2. The van der Waals surface area contributed by atoms with Gasteiger partial charge < -0.3 is 16.4 Å². The number of nitrogens with two attached hydrogens (primary N) is 1. The standard InChI is InChI=1S/C16H16N4O4/c1-10-2-7-13(20(23)24)8-14(10)19-15(21)9-18-12-5-3-11(4-6-12)16(17)22/h2-8,18H,9H2,1H3,(H2,17,22)(H,19,21). The van der Waals surface area contributed by atoms with E-state index in [-0.39, 0.29) is 18.1 Å². The van der Waals surface area contributed by atoms with Crippen LogP contribution in [-0.4, -0.2) is 23.3 Å². The topological polar surface area (TPSA) is 127 Å². The Morgan fingerprint density at radius 1 is 1.17 bits per heavy atom. The van der Waals surface area contributed by atoms with E-state index in [1.165, 1.54) is 12.1 Å². The van der Waals surface area contributed by atoms with Crippen LogP contribution in [-0.2, 0) is 4.79 Å². The number of carbonyl (C=O) groups excluding carboxylic acids is 2. The zero-order valence-corrected chi connectivity index (χ0v) is 12.9. The number of hydrogen-bond acceptors (Lipinski definition) is 5. The van der Waals surface area contributed by atoms with E-state index in [9.17, 15) is 19.7 Å². The van der Waals surface area contributed by atoms with Crippen molar-refractivity contribution in [1.29, 1.82) is 0 Å². The number of primary amides is 1. The summed E-state index contributed by atoms with van der Waals surface area (Å²) in [4.78, 5) is 33.2. The molecule has 0 bridgehead atoms. The van der Waals surface area contributed by atoms with Gasteiger partial charge in [-0.3, -0.25) is 19.7 Å². The van der Waals surface area contributed by atoms with E-state index in [1.54, 1.807) is 37.3 Å². The first-order valence-electron chi connectivity index (χ1n) is 7.05. The van der Waals surface area contributed by atoms with Crippen LogP contribution < -0.4 is 16.4 Å². The van der Waals surface area contributed by atoms with Gasteiger partial charge >= 0.3 is 0 Å². The van der Waals surface area contributed by atoms with Gasteiger partial charge in [0.1, 0.15) is 0 Å². The van der Waals surface area contributed by atoms with Gasteiger partial charge in [0, 0.05) is 23.4 Å². The number of non-ortho nitro benzene ring substituents is 1. The molecule has 0 heterocycles. The Morgan fingerprint density at radius 3 is 2.42 bits per heavy atom. The van der Waals surface area contributed by atoms with Crippen molar-refractivity contribution in [2.75, 3.05) is 17.2 Å². The lowest BCUT2D eigenvalue weighted by atomic mass is 10.2. The number of nitro benzene ring substituents is 1. The van der Waals surface area contributed by atoms with E-state index < -0.39 is 10.8 Å². The Labute approximate surface area is 137 Å². The van der Waals surface area contributed by atoms with Gasteiger partial charge in [0.2, 0.25) is 11.8 Å². The molecule has 0 aliphatic heterocycles. The number of rotatable bonds is 6. The summed E-state index contributed by atoms with van der Waals surface area (Å²) in [6, 6.07) is 10.6. The summed E-state index contributed by atoms with van der Waals surface area (Å²) in [7, 11) is 0. The summed E-state index contributed by atoms with van der Waals surface area (Å²) in [6.07, 6.45) is 0. The highest BCUT2D eigenvalue weighted by Gasteiger charge is 2.11. The molecular formula is C16H16N4O4. The molecule has 2 aromatic rings. The van der Waals surface area contributed by atoms with E-state index in [0.717, 1.165) is 5.56 Å². The molecule has 0 saturated heterocycles. The van der Waals surface area contributed by atoms with E-state index in [4.69, 9.17) is 5.73 Å². The molecular weight excluding hydrogens is 312 g/mol. The first-order valence-corrected chi connectivity index (χ1v) is 7.05. The van der Waals surface area contributed by atoms with Gasteiger partial charge in [0.15, 0.2) is 0 Å². The molecule has 8 heteroatoms. The average molecular weight is 328 g/mol. The Bertz CT molecular complexity index is 787. The molecule has 0 unspecified atom stereocenters. The minimum Gasteiger partial charge on any atom is -0.376 e. The second kappa shape index (κ2) is 7.23. The van der Waals surface area contributed by atoms with E-state index in [2.05, 4.69) is 10.6 Å². The molecule has 0 radical (unpaired) electrons. The Kier molecular flexibility index (Phi) is 5.10. The number of hydrogen-bond donors (Lipinski definition) is 3. The molecule has 0 aliphatic carbocycles. The first kappa shape index (κ1) is 16.9. The minimum absolute atomic E-state index is 0.0297. The van der Waals surface area contributed by atoms with Gasteiger partial charge in [-0.25, -0.2) is 0 Å². The van der Waals surface area contributed by atoms with Crippen LogP contribution >= 0.6 is 0 Å². The second-order valence-corrected chi connectivity index (χ2v) is 5.10. The van der Waals surface area contributed by atoms with Crippen LogP contribution in [0, 0.1) is 17.0 Å². The molecule has 0 aliphatic rings. The summed E-state index contributed by atoms with van der Waals surface area (Å²) in [5.41, 5.74) is 7.18. The lowest BCUT2D eigenvalue weighted by molar-refractivity contribution is -0.384. The monoisotopic (exact) mass is 328 g/mol. The third-order valence-corrected chi connectivity index (χ3v) is 3.33. The van der Waals surface area contributed by atoms with Crippen molar-refractivity contribution >= 4 is 28.9 Å². The fourth-order valence-corrected chi connectivity index (χ4v) is 1.99. The van der Waals surface area contributed by atoms with Crippen LogP contribution in [0.25, 0.3) is 0 Å².